The number of carboxylic acid groups (broad SMARTS) is 2. The predicted octanol–water partition coefficient (Wildman–Crippen LogP) is 4.59. The maximum absolute atomic E-state index is 11.5. The molecule has 4 rings (SSSR count). The number of aromatic nitrogens is 2. The monoisotopic (exact) mass is 570 g/mol. The van der Waals surface area contributed by atoms with Crippen molar-refractivity contribution in [1.29, 1.82) is 0 Å². The SMILES string of the molecule is COc1cccc(CN(CCN(Cc2cccc(OC)c2)Cc2cccc(C(=O)O)n2)Cc2cccc(C(=O)O)n2)c1. The Balaban J connectivity index is 1.59. The molecular formula is C32H34N4O6. The van der Waals surface area contributed by atoms with E-state index in [0.717, 1.165) is 22.6 Å². The molecule has 0 bridgehead atoms. The zero-order valence-electron chi connectivity index (χ0n) is 23.6. The summed E-state index contributed by atoms with van der Waals surface area (Å²) in [5, 5.41) is 18.9. The summed E-state index contributed by atoms with van der Waals surface area (Å²) >= 11 is 0. The summed E-state index contributed by atoms with van der Waals surface area (Å²) in [6.07, 6.45) is 0. The second-order valence-electron chi connectivity index (χ2n) is 9.76. The highest BCUT2D eigenvalue weighted by Gasteiger charge is 2.16. The van der Waals surface area contributed by atoms with Gasteiger partial charge in [0.25, 0.3) is 0 Å². The molecule has 218 valence electrons. The molecule has 0 radical (unpaired) electrons. The number of methoxy groups -OCH3 is 2. The molecule has 42 heavy (non-hydrogen) atoms. The van der Waals surface area contributed by atoms with Crippen molar-refractivity contribution in [3.8, 4) is 11.5 Å². The van der Waals surface area contributed by atoms with Crippen LogP contribution < -0.4 is 9.47 Å². The number of nitrogens with zero attached hydrogens (tertiary/aromatic N) is 4. The summed E-state index contributed by atoms with van der Waals surface area (Å²) < 4.78 is 10.8. The third-order valence-corrected chi connectivity index (χ3v) is 6.64. The van der Waals surface area contributed by atoms with E-state index in [1.165, 1.54) is 12.1 Å². The minimum Gasteiger partial charge on any atom is -0.497 e. The number of benzene rings is 2. The van der Waals surface area contributed by atoms with Crippen LogP contribution >= 0.6 is 0 Å². The first kappa shape index (κ1) is 30.2. The molecule has 0 aliphatic rings. The van der Waals surface area contributed by atoms with Crippen molar-refractivity contribution in [3.63, 3.8) is 0 Å². The molecule has 0 amide bonds. The van der Waals surface area contributed by atoms with Crippen molar-refractivity contribution in [2.24, 2.45) is 0 Å². The van der Waals surface area contributed by atoms with E-state index < -0.39 is 11.9 Å². The standard InChI is InChI=1S/C32H34N4O6/c1-41-27-11-3-7-23(17-27)19-35(21-25-9-5-13-29(33-25)31(37)38)15-16-36(20-24-8-4-12-28(18-24)42-2)22-26-10-6-14-30(34-26)32(39)40/h3-14,17-18H,15-16,19-22H2,1-2H3,(H,37,38)(H,39,40). The van der Waals surface area contributed by atoms with E-state index in [1.54, 1.807) is 26.4 Å². The summed E-state index contributed by atoms with van der Waals surface area (Å²) in [4.78, 5) is 36.1. The van der Waals surface area contributed by atoms with Gasteiger partial charge >= 0.3 is 11.9 Å². The highest BCUT2D eigenvalue weighted by molar-refractivity contribution is 5.85. The van der Waals surface area contributed by atoms with Crippen molar-refractivity contribution in [2.45, 2.75) is 26.2 Å². The van der Waals surface area contributed by atoms with Gasteiger partial charge in [-0.05, 0) is 59.7 Å². The van der Waals surface area contributed by atoms with Gasteiger partial charge in [-0.25, -0.2) is 19.6 Å². The lowest BCUT2D eigenvalue weighted by molar-refractivity contribution is 0.0679. The summed E-state index contributed by atoms with van der Waals surface area (Å²) in [5.74, 6) is -0.640. The number of ether oxygens (including phenoxy) is 2. The first-order chi connectivity index (χ1) is 20.3. The summed E-state index contributed by atoms with van der Waals surface area (Å²) in [5.41, 5.74) is 3.37. The molecule has 10 nitrogen and oxygen atoms in total. The van der Waals surface area contributed by atoms with Gasteiger partial charge in [0.1, 0.15) is 22.9 Å². The molecule has 0 spiro atoms. The molecule has 0 saturated heterocycles. The molecule has 0 aliphatic carbocycles. The molecule has 2 aromatic heterocycles. The lowest BCUT2D eigenvalue weighted by atomic mass is 10.1. The Bertz CT molecular complexity index is 1400. The van der Waals surface area contributed by atoms with Crippen molar-refractivity contribution < 1.29 is 29.3 Å². The van der Waals surface area contributed by atoms with Gasteiger partial charge in [-0.3, -0.25) is 9.80 Å². The maximum atomic E-state index is 11.5. The van der Waals surface area contributed by atoms with E-state index in [1.807, 2.05) is 60.7 Å². The zero-order chi connectivity index (χ0) is 29.9. The molecule has 2 heterocycles. The van der Waals surface area contributed by atoms with Gasteiger partial charge in [0.2, 0.25) is 0 Å². The quantitative estimate of drug-likeness (QED) is 0.210. The van der Waals surface area contributed by atoms with Crippen LogP contribution in [0.5, 0.6) is 11.5 Å². The van der Waals surface area contributed by atoms with E-state index in [0.29, 0.717) is 50.7 Å². The Kier molecular flexibility index (Phi) is 10.6. The van der Waals surface area contributed by atoms with Crippen LogP contribution in [0.1, 0.15) is 43.5 Å². The Hall–Kier alpha value is -4.80. The molecule has 2 N–H and O–H groups in total. The van der Waals surface area contributed by atoms with E-state index in [4.69, 9.17) is 9.47 Å². The molecule has 0 saturated carbocycles. The highest BCUT2D eigenvalue weighted by atomic mass is 16.5. The van der Waals surface area contributed by atoms with Crippen LogP contribution in [0.15, 0.2) is 84.9 Å². The van der Waals surface area contributed by atoms with Crippen molar-refractivity contribution in [2.75, 3.05) is 27.3 Å². The summed E-state index contributed by atoms with van der Waals surface area (Å²) in [6, 6.07) is 25.6. The summed E-state index contributed by atoms with van der Waals surface area (Å²) in [7, 11) is 3.25. The molecular weight excluding hydrogens is 536 g/mol. The predicted molar refractivity (Wildman–Crippen MR) is 157 cm³/mol. The number of hydrogen-bond acceptors (Lipinski definition) is 8. The summed E-state index contributed by atoms with van der Waals surface area (Å²) in [6.45, 7) is 3.24. The fourth-order valence-corrected chi connectivity index (χ4v) is 4.60. The van der Waals surface area contributed by atoms with Gasteiger partial charge in [0.15, 0.2) is 0 Å². The topological polar surface area (TPSA) is 125 Å². The number of carbonyl (C=O) groups is 2. The third-order valence-electron chi connectivity index (χ3n) is 6.64. The number of carboxylic acids is 2. The van der Waals surface area contributed by atoms with Crippen LogP contribution in [-0.4, -0.2) is 69.2 Å². The lowest BCUT2D eigenvalue weighted by Crippen LogP contribution is -2.34. The van der Waals surface area contributed by atoms with Gasteiger partial charge in [0.05, 0.1) is 25.6 Å². The first-order valence-corrected chi connectivity index (χ1v) is 13.4. The molecule has 10 heteroatoms. The van der Waals surface area contributed by atoms with E-state index in [2.05, 4.69) is 19.8 Å². The van der Waals surface area contributed by atoms with Gasteiger partial charge < -0.3 is 19.7 Å². The molecule has 4 aromatic rings. The molecule has 0 fully saturated rings. The number of rotatable bonds is 15. The van der Waals surface area contributed by atoms with Gasteiger partial charge in [-0.2, -0.15) is 0 Å². The van der Waals surface area contributed by atoms with Crippen LogP contribution in [0.2, 0.25) is 0 Å². The average molecular weight is 571 g/mol. The molecule has 0 atom stereocenters. The third kappa shape index (κ3) is 8.85. The van der Waals surface area contributed by atoms with Crippen LogP contribution in [0.4, 0.5) is 0 Å². The van der Waals surface area contributed by atoms with Crippen molar-refractivity contribution in [3.05, 3.63) is 119 Å². The van der Waals surface area contributed by atoms with Crippen molar-refractivity contribution in [1.82, 2.24) is 19.8 Å². The largest absolute Gasteiger partial charge is 0.497 e. The Morgan fingerprint density at radius 2 is 1.02 bits per heavy atom. The smallest absolute Gasteiger partial charge is 0.354 e. The Morgan fingerprint density at radius 1 is 0.619 bits per heavy atom. The van der Waals surface area contributed by atoms with E-state index in [-0.39, 0.29) is 11.4 Å². The van der Waals surface area contributed by atoms with Crippen LogP contribution in [0.3, 0.4) is 0 Å². The number of aromatic carboxylic acids is 2. The van der Waals surface area contributed by atoms with Crippen LogP contribution in [0, 0.1) is 0 Å². The minimum absolute atomic E-state index is 0.00197. The van der Waals surface area contributed by atoms with Crippen molar-refractivity contribution >= 4 is 11.9 Å². The van der Waals surface area contributed by atoms with Gasteiger partial charge in [-0.15, -0.1) is 0 Å². The Labute approximate surface area is 244 Å². The Morgan fingerprint density at radius 3 is 1.40 bits per heavy atom. The van der Waals surface area contributed by atoms with Crippen LogP contribution in [-0.2, 0) is 26.2 Å². The van der Waals surface area contributed by atoms with Crippen LogP contribution in [0.25, 0.3) is 0 Å². The molecule has 0 unspecified atom stereocenters. The highest BCUT2D eigenvalue weighted by Crippen LogP contribution is 2.18. The number of pyridine rings is 2. The number of hydrogen-bond donors (Lipinski definition) is 2. The lowest BCUT2D eigenvalue weighted by Gasteiger charge is -2.28. The zero-order valence-corrected chi connectivity index (χ0v) is 23.6. The van der Waals surface area contributed by atoms with E-state index in [9.17, 15) is 19.8 Å². The molecule has 0 aliphatic heterocycles. The minimum atomic E-state index is -1.07. The van der Waals surface area contributed by atoms with E-state index >= 15 is 0 Å². The van der Waals surface area contributed by atoms with Gasteiger partial charge in [0, 0.05) is 39.3 Å². The normalized spacial score (nSPS) is 11.0. The maximum Gasteiger partial charge on any atom is 0.354 e. The van der Waals surface area contributed by atoms with Gasteiger partial charge in [-0.1, -0.05) is 36.4 Å². The second-order valence-corrected chi connectivity index (χ2v) is 9.76. The first-order valence-electron chi connectivity index (χ1n) is 13.4. The average Bonchev–Trinajstić information content (AvgIpc) is 3.00. The second kappa shape index (κ2) is 14.7. The molecule has 2 aromatic carbocycles. The fourth-order valence-electron chi connectivity index (χ4n) is 4.60. The fraction of sp³-hybridized carbons (Fsp3) is 0.250.